The molecule has 130 valence electrons. The molecule has 2 heterocycles. The van der Waals surface area contributed by atoms with Crippen LogP contribution in [0.2, 0.25) is 0 Å². The van der Waals surface area contributed by atoms with Gasteiger partial charge in [-0.15, -0.1) is 0 Å². The lowest BCUT2D eigenvalue weighted by atomic mass is 9.99. The summed E-state index contributed by atoms with van der Waals surface area (Å²) >= 11 is 0. The summed E-state index contributed by atoms with van der Waals surface area (Å²) < 4.78 is 4.54. The van der Waals surface area contributed by atoms with Gasteiger partial charge in [-0.3, -0.25) is 15.1 Å². The average molecular weight is 348 g/mol. The van der Waals surface area contributed by atoms with Gasteiger partial charge in [-0.05, 0) is 16.3 Å². The van der Waals surface area contributed by atoms with Gasteiger partial charge in [0.2, 0.25) is 5.95 Å². The molecule has 7 nitrogen and oxygen atoms in total. The van der Waals surface area contributed by atoms with Crippen molar-refractivity contribution in [3.05, 3.63) is 70.1 Å². The van der Waals surface area contributed by atoms with E-state index in [9.17, 15) is 9.59 Å². The van der Waals surface area contributed by atoms with Crippen molar-refractivity contribution in [2.24, 2.45) is 0 Å². The van der Waals surface area contributed by atoms with E-state index in [0.29, 0.717) is 17.5 Å². The van der Waals surface area contributed by atoms with Gasteiger partial charge in [-0.1, -0.05) is 42.5 Å². The predicted molar refractivity (Wildman–Crippen MR) is 99.5 cm³/mol. The maximum atomic E-state index is 12.2. The Labute approximate surface area is 148 Å². The Morgan fingerprint density at radius 3 is 2.81 bits per heavy atom. The Bertz CT molecular complexity index is 1170. The molecule has 0 aliphatic heterocycles. The van der Waals surface area contributed by atoms with Crippen molar-refractivity contribution in [1.82, 2.24) is 15.0 Å². The number of ether oxygens (including phenoxy) is 1. The molecule has 0 radical (unpaired) electrons. The Morgan fingerprint density at radius 2 is 1.96 bits per heavy atom. The SMILES string of the molecule is COC(=O)Nc1nc2c(Cc3cccc4ccccc34)c[nH]c2c(=O)[nH]1. The van der Waals surface area contributed by atoms with Crippen LogP contribution in [0, 0.1) is 0 Å². The quantitative estimate of drug-likeness (QED) is 0.529. The molecule has 0 saturated carbocycles. The highest BCUT2D eigenvalue weighted by Gasteiger charge is 2.13. The number of nitrogens with zero attached hydrogens (tertiary/aromatic N) is 1. The number of aromatic amines is 2. The minimum Gasteiger partial charge on any atom is -0.453 e. The highest BCUT2D eigenvalue weighted by molar-refractivity contribution is 5.88. The second kappa shape index (κ2) is 6.36. The van der Waals surface area contributed by atoms with Crippen LogP contribution >= 0.6 is 0 Å². The number of fused-ring (bicyclic) bond motifs is 2. The number of nitrogens with one attached hydrogen (secondary N) is 3. The number of rotatable bonds is 3. The first-order chi connectivity index (χ1) is 12.7. The van der Waals surface area contributed by atoms with Crippen LogP contribution in [0.15, 0.2) is 53.5 Å². The Morgan fingerprint density at radius 1 is 1.15 bits per heavy atom. The van der Waals surface area contributed by atoms with E-state index in [0.717, 1.165) is 21.9 Å². The molecule has 0 atom stereocenters. The van der Waals surface area contributed by atoms with Crippen LogP contribution in [-0.4, -0.2) is 28.2 Å². The number of aromatic nitrogens is 3. The van der Waals surface area contributed by atoms with E-state index in [1.54, 1.807) is 6.20 Å². The summed E-state index contributed by atoms with van der Waals surface area (Å²) in [5.74, 6) is 0.0492. The Balaban J connectivity index is 1.79. The number of benzene rings is 2. The monoisotopic (exact) mass is 348 g/mol. The van der Waals surface area contributed by atoms with Crippen LogP contribution in [0.3, 0.4) is 0 Å². The molecule has 0 aliphatic carbocycles. The summed E-state index contributed by atoms with van der Waals surface area (Å²) in [7, 11) is 1.24. The fourth-order valence-electron chi connectivity index (χ4n) is 3.06. The van der Waals surface area contributed by atoms with Gasteiger partial charge in [-0.2, -0.15) is 0 Å². The highest BCUT2D eigenvalue weighted by atomic mass is 16.5. The number of anilines is 1. The van der Waals surface area contributed by atoms with Crippen molar-refractivity contribution in [3.8, 4) is 0 Å². The fourth-order valence-corrected chi connectivity index (χ4v) is 3.06. The molecule has 4 rings (SSSR count). The van der Waals surface area contributed by atoms with Crippen LogP contribution in [0.4, 0.5) is 10.7 Å². The van der Waals surface area contributed by atoms with Gasteiger partial charge in [0.1, 0.15) is 11.0 Å². The number of carbonyl (C=O) groups excluding carboxylic acids is 1. The van der Waals surface area contributed by atoms with Crippen molar-refractivity contribution in [1.29, 1.82) is 0 Å². The first-order valence-corrected chi connectivity index (χ1v) is 8.07. The van der Waals surface area contributed by atoms with Crippen LogP contribution in [0.1, 0.15) is 11.1 Å². The van der Waals surface area contributed by atoms with Crippen molar-refractivity contribution < 1.29 is 9.53 Å². The molecule has 1 amide bonds. The van der Waals surface area contributed by atoms with E-state index < -0.39 is 6.09 Å². The van der Waals surface area contributed by atoms with Gasteiger partial charge < -0.3 is 9.72 Å². The van der Waals surface area contributed by atoms with E-state index in [2.05, 4.69) is 49.3 Å². The fraction of sp³-hybridized carbons (Fsp3) is 0.105. The third-order valence-electron chi connectivity index (χ3n) is 4.28. The first-order valence-electron chi connectivity index (χ1n) is 8.07. The molecule has 0 bridgehead atoms. The van der Waals surface area contributed by atoms with Crippen molar-refractivity contribution in [2.45, 2.75) is 6.42 Å². The van der Waals surface area contributed by atoms with Gasteiger partial charge in [0, 0.05) is 18.2 Å². The van der Waals surface area contributed by atoms with Gasteiger partial charge in [0.15, 0.2) is 0 Å². The molecular formula is C19H16N4O3. The Kier molecular flexibility index (Phi) is 3.89. The summed E-state index contributed by atoms with van der Waals surface area (Å²) in [5, 5.41) is 4.70. The number of carbonyl (C=O) groups is 1. The molecule has 0 unspecified atom stereocenters. The first kappa shape index (κ1) is 15.9. The molecular weight excluding hydrogens is 332 g/mol. The minimum absolute atomic E-state index is 0.0492. The number of hydrogen-bond acceptors (Lipinski definition) is 4. The zero-order valence-corrected chi connectivity index (χ0v) is 14.0. The third kappa shape index (κ3) is 2.79. The molecule has 3 N–H and O–H groups in total. The summed E-state index contributed by atoms with van der Waals surface area (Å²) in [6.45, 7) is 0. The molecule has 0 aliphatic rings. The lowest BCUT2D eigenvalue weighted by Crippen LogP contribution is -2.18. The molecule has 0 saturated heterocycles. The van der Waals surface area contributed by atoms with E-state index in [-0.39, 0.29) is 11.5 Å². The van der Waals surface area contributed by atoms with Crippen molar-refractivity contribution >= 4 is 33.8 Å². The summed E-state index contributed by atoms with van der Waals surface area (Å²) in [4.78, 5) is 33.5. The van der Waals surface area contributed by atoms with Gasteiger partial charge >= 0.3 is 6.09 Å². The van der Waals surface area contributed by atoms with Gasteiger partial charge in [-0.25, -0.2) is 9.78 Å². The Hall–Kier alpha value is -3.61. The van der Waals surface area contributed by atoms with Gasteiger partial charge in [0.25, 0.3) is 5.56 Å². The lowest BCUT2D eigenvalue weighted by Gasteiger charge is -2.06. The van der Waals surface area contributed by atoms with Crippen LogP contribution in [-0.2, 0) is 11.2 Å². The number of H-pyrrole nitrogens is 2. The summed E-state index contributed by atoms with van der Waals surface area (Å²) in [6, 6.07) is 14.3. The average Bonchev–Trinajstić information content (AvgIpc) is 3.05. The summed E-state index contributed by atoms with van der Waals surface area (Å²) in [5.41, 5.74) is 2.54. The van der Waals surface area contributed by atoms with E-state index in [1.165, 1.54) is 7.11 Å². The number of amides is 1. The van der Waals surface area contributed by atoms with E-state index in [4.69, 9.17) is 0 Å². The molecule has 2 aromatic carbocycles. The predicted octanol–water partition coefficient (Wildman–Crippen LogP) is 3.17. The molecule has 2 aromatic heterocycles. The second-order valence-corrected chi connectivity index (χ2v) is 5.88. The largest absolute Gasteiger partial charge is 0.453 e. The summed E-state index contributed by atoms with van der Waals surface area (Å²) in [6.07, 6.45) is 1.69. The smallest absolute Gasteiger partial charge is 0.413 e. The van der Waals surface area contributed by atoms with Crippen molar-refractivity contribution in [2.75, 3.05) is 12.4 Å². The normalized spacial score (nSPS) is 11.0. The van der Waals surface area contributed by atoms with Crippen molar-refractivity contribution in [3.63, 3.8) is 0 Å². The molecule has 0 fully saturated rings. The third-order valence-corrected chi connectivity index (χ3v) is 4.28. The van der Waals surface area contributed by atoms with E-state index >= 15 is 0 Å². The standard InChI is InChI=1S/C19H16N4O3/c1-26-19(25)23-18-21-15-13(10-20-16(15)17(24)22-18)9-12-7-4-6-11-5-2-3-8-14(11)12/h2-8,10,20H,9H2,1H3,(H2,21,22,23,24,25). The highest BCUT2D eigenvalue weighted by Crippen LogP contribution is 2.24. The second-order valence-electron chi connectivity index (χ2n) is 5.88. The molecule has 4 aromatic rings. The zero-order valence-electron chi connectivity index (χ0n) is 14.0. The minimum atomic E-state index is -0.696. The van der Waals surface area contributed by atoms with Gasteiger partial charge in [0.05, 0.1) is 7.11 Å². The molecule has 7 heteroatoms. The maximum absolute atomic E-state index is 12.2. The van der Waals surface area contributed by atoms with Crippen LogP contribution in [0.25, 0.3) is 21.8 Å². The topological polar surface area (TPSA) is 99.9 Å². The zero-order chi connectivity index (χ0) is 18.1. The maximum Gasteiger partial charge on any atom is 0.413 e. The number of methoxy groups -OCH3 is 1. The number of hydrogen-bond donors (Lipinski definition) is 3. The van der Waals surface area contributed by atoms with E-state index in [1.807, 2.05) is 18.2 Å². The van der Waals surface area contributed by atoms with Crippen LogP contribution < -0.4 is 10.9 Å². The van der Waals surface area contributed by atoms with Crippen LogP contribution in [0.5, 0.6) is 0 Å². The molecule has 0 spiro atoms. The lowest BCUT2D eigenvalue weighted by molar-refractivity contribution is 0.186. The molecule has 26 heavy (non-hydrogen) atoms.